The number of aliphatic hydroxyl groups excluding tert-OH is 1. The maximum absolute atomic E-state index is 13.2. The summed E-state index contributed by atoms with van der Waals surface area (Å²) in [6.07, 6.45) is 9.65. The molecule has 0 spiro atoms. The lowest BCUT2D eigenvalue weighted by Crippen LogP contribution is -2.53. The number of carbonyl (C=O) groups excluding carboxylic acids is 4. The van der Waals surface area contributed by atoms with Gasteiger partial charge in [-0.1, -0.05) is 171 Å². The molecule has 6 bridgehead atoms. The molecule has 9 fully saturated rings. The summed E-state index contributed by atoms with van der Waals surface area (Å²) in [6, 6.07) is 57.0. The van der Waals surface area contributed by atoms with Crippen molar-refractivity contribution in [2.24, 2.45) is 17.8 Å². The minimum absolute atomic E-state index is 0. The van der Waals surface area contributed by atoms with E-state index in [1.807, 2.05) is 59.2 Å². The van der Waals surface area contributed by atoms with Crippen molar-refractivity contribution in [2.75, 3.05) is 91.8 Å². The predicted molar refractivity (Wildman–Crippen MR) is 374 cm³/mol. The average molecular weight is 1330 g/mol. The van der Waals surface area contributed by atoms with E-state index < -0.39 is 10.9 Å². The van der Waals surface area contributed by atoms with Crippen LogP contribution < -0.4 is 5.32 Å². The minimum Gasteiger partial charge on any atom is -0.454 e. The maximum atomic E-state index is 13.2. The number of aliphatic hydroxyl groups is 1. The van der Waals surface area contributed by atoms with Crippen molar-refractivity contribution >= 4 is 54.7 Å². The molecule has 12 aliphatic rings. The smallest absolute Gasteiger partial charge is 0.410 e. The van der Waals surface area contributed by atoms with Crippen LogP contribution in [0.5, 0.6) is 0 Å². The van der Waals surface area contributed by atoms with E-state index in [1.54, 1.807) is 6.92 Å². The fourth-order valence-electron chi connectivity index (χ4n) is 14.6. The molecule has 6 atom stereocenters. The summed E-state index contributed by atoms with van der Waals surface area (Å²) in [6.45, 7) is 16.5. The highest BCUT2D eigenvalue weighted by Gasteiger charge is 2.41. The van der Waals surface area contributed by atoms with E-state index in [2.05, 4.69) is 146 Å². The van der Waals surface area contributed by atoms with Crippen LogP contribution in [-0.2, 0) is 38.2 Å². The van der Waals surface area contributed by atoms with E-state index in [0.29, 0.717) is 50.1 Å². The molecule has 12 aliphatic heterocycles. The van der Waals surface area contributed by atoms with Gasteiger partial charge < -0.3 is 34.3 Å². The zero-order valence-corrected chi connectivity index (χ0v) is 55.3. The molecule has 6 aromatic carbocycles. The summed E-state index contributed by atoms with van der Waals surface area (Å²) in [7, 11) is 0. The number of nitrogens with one attached hydrogen (secondary N) is 1. The van der Waals surface area contributed by atoms with Crippen molar-refractivity contribution in [3.05, 3.63) is 214 Å². The van der Waals surface area contributed by atoms with Gasteiger partial charge in [-0.05, 0) is 179 Å². The third-order valence-corrected chi connectivity index (χ3v) is 19.5. The Morgan fingerprint density at radius 3 is 1.22 bits per heavy atom. The van der Waals surface area contributed by atoms with E-state index in [0.717, 1.165) is 108 Å². The molecule has 0 unspecified atom stereocenters. The summed E-state index contributed by atoms with van der Waals surface area (Å²) in [5, 5.41) is 12.9. The van der Waals surface area contributed by atoms with E-state index >= 15 is 0 Å². The fraction of sp³-hybridized carbons (Fsp3) is 0.467. The van der Waals surface area contributed by atoms with Crippen LogP contribution in [0, 0.1) is 17.8 Å². The fourth-order valence-corrected chi connectivity index (χ4v) is 14.8. The second-order valence-electron chi connectivity index (χ2n) is 24.8. The zero-order valence-electron chi connectivity index (χ0n) is 53.7. The lowest BCUT2D eigenvalue weighted by Gasteiger charge is -2.45. The maximum Gasteiger partial charge on any atom is 0.410 e. The van der Waals surface area contributed by atoms with Crippen LogP contribution >= 0.6 is 23.2 Å². The van der Waals surface area contributed by atoms with Gasteiger partial charge in [0.15, 0.2) is 0 Å². The number of ether oxygens (including phenoxy) is 4. The second-order valence-corrected chi connectivity index (χ2v) is 25.4. The highest BCUT2D eigenvalue weighted by molar-refractivity contribution is 6.61. The largest absolute Gasteiger partial charge is 0.454 e. The number of amides is 2. The number of nitrogens with zero attached hydrogens (tertiary/aromatic N) is 5. The van der Waals surface area contributed by atoms with Crippen LogP contribution in [0.25, 0.3) is 0 Å². The minimum atomic E-state index is -0.738. The van der Waals surface area contributed by atoms with Crippen molar-refractivity contribution < 1.29 is 49.4 Å². The molecule has 15 nitrogen and oxygen atoms in total. The van der Waals surface area contributed by atoms with E-state index in [-0.39, 0.29) is 64.6 Å². The molecule has 19 heteroatoms. The molecule has 0 saturated carbocycles. The molecule has 2 N–H and O–H groups in total. The molecule has 505 valence electrons. The molecule has 12 heterocycles. The predicted octanol–water partition coefficient (Wildman–Crippen LogP) is 14.1. The Labute approximate surface area is 569 Å². The summed E-state index contributed by atoms with van der Waals surface area (Å²) in [5.74, 6) is 1.72. The van der Waals surface area contributed by atoms with Crippen LogP contribution in [0.3, 0.4) is 0 Å². The first-order chi connectivity index (χ1) is 44.4. The summed E-state index contributed by atoms with van der Waals surface area (Å²) in [4.78, 5) is 56.5. The van der Waals surface area contributed by atoms with Crippen molar-refractivity contribution in [3.8, 4) is 0 Å². The first-order valence-corrected chi connectivity index (χ1v) is 33.8. The van der Waals surface area contributed by atoms with Gasteiger partial charge in [0.05, 0.1) is 37.4 Å². The summed E-state index contributed by atoms with van der Waals surface area (Å²) < 4.78 is 20.5. The van der Waals surface area contributed by atoms with Crippen LogP contribution in [0.1, 0.15) is 129 Å². The Balaban J connectivity index is 0.000000189. The topological polar surface area (TPSA) is 154 Å². The van der Waals surface area contributed by atoms with Gasteiger partial charge >= 0.3 is 23.0 Å². The monoisotopic (exact) mass is 1330 g/mol. The molecule has 6 aromatic rings. The number of benzene rings is 6. The van der Waals surface area contributed by atoms with Crippen LogP contribution in [-0.4, -0.2) is 171 Å². The first kappa shape index (κ1) is 74.6. The van der Waals surface area contributed by atoms with Gasteiger partial charge in [0, 0.05) is 72.3 Å². The lowest BCUT2D eigenvalue weighted by atomic mass is 9.86. The summed E-state index contributed by atoms with van der Waals surface area (Å²) >= 11 is 9.89. The van der Waals surface area contributed by atoms with Crippen molar-refractivity contribution in [1.29, 1.82) is 0 Å². The molecule has 9 saturated heterocycles. The van der Waals surface area contributed by atoms with Crippen molar-refractivity contribution in [3.63, 3.8) is 0 Å². The van der Waals surface area contributed by atoms with E-state index in [1.165, 1.54) is 64.9 Å². The van der Waals surface area contributed by atoms with Crippen LogP contribution in [0.4, 0.5) is 23.9 Å². The van der Waals surface area contributed by atoms with Gasteiger partial charge in [0.25, 0.3) is 0 Å². The first-order valence-electron chi connectivity index (χ1n) is 33.0. The Morgan fingerprint density at radius 1 is 0.468 bits per heavy atom. The SMILES string of the molecule is C.CCOC(=O)Cl.CCOC(=O)N1CCc2ccccc2[C@H]1c1ccccc1.F.O=C(Cl)O[C@H]1CN2CCC1CC2.O=C(O[C@H]1CN2CCC1CC2)N1CCc2ccccc2[C@H]1c1ccccc1.O[C@H]1CN2CCC1CC2.[2HH].[B].c1ccc([C@H]2NCCc3ccccc32)cc1. The van der Waals surface area contributed by atoms with Gasteiger partial charge in [0.1, 0.15) is 12.2 Å². The van der Waals surface area contributed by atoms with Gasteiger partial charge in [-0.2, -0.15) is 0 Å². The highest BCUT2D eigenvalue weighted by Crippen LogP contribution is 2.39. The third kappa shape index (κ3) is 19.9. The molecule has 0 aliphatic carbocycles. The Kier molecular flexibility index (Phi) is 29.7. The molecular weight excluding hydrogens is 1230 g/mol. The number of fused-ring (bicyclic) bond motifs is 12. The van der Waals surface area contributed by atoms with Gasteiger partial charge in [0.2, 0.25) is 0 Å². The zero-order chi connectivity index (χ0) is 63.5. The number of hydrogen-bond acceptors (Lipinski definition) is 13. The molecule has 2 amide bonds. The lowest BCUT2D eigenvalue weighted by molar-refractivity contribution is -0.0462. The Bertz CT molecular complexity index is 3280. The molecule has 0 aromatic heterocycles. The normalized spacial score (nSPS) is 25.8. The number of hydrogen-bond donors (Lipinski definition) is 2. The number of rotatable bonds is 7. The molecule has 18 rings (SSSR count). The quantitative estimate of drug-likeness (QED) is 0.0886. The second kappa shape index (κ2) is 37.5. The van der Waals surface area contributed by atoms with E-state index in [9.17, 15) is 24.3 Å². The van der Waals surface area contributed by atoms with Crippen LogP contribution in [0.15, 0.2) is 164 Å². The number of piperidine rings is 9. The highest BCUT2D eigenvalue weighted by atomic mass is 35.5. The van der Waals surface area contributed by atoms with Crippen molar-refractivity contribution in [1.82, 2.24) is 29.8 Å². The van der Waals surface area contributed by atoms with Crippen molar-refractivity contribution in [2.45, 2.75) is 115 Å². The van der Waals surface area contributed by atoms with Crippen LogP contribution in [0.2, 0.25) is 0 Å². The standard InChI is InChI=1S/C23H26N2O2.C18H19NO2.C15H15N.C8H12ClNO2.C7H13NO.C3H5ClO2.CH4.B.FH.H2/c26-23(27-21-16-24-13-10-18(21)11-14-24)25-15-12-17-6-4-5-9-20(17)22(25)19-7-2-1-3-8-19;1-2-21-18(20)19-13-12-14-8-6-7-11-16(14)17(19)15-9-4-3-5-10-15;1-2-7-13(8-3-1)15-14-9-5-4-6-12(14)10-11-16-15;9-8(11)12-7-5-10-3-1-6(7)2-4-10;9-7-5-8-3-1-6(7)2-4-8;1-2-6-3(4)5;;;;/h1-9,18,21-22H,10-16H2;3-11,17H,2,12-13H2,1H3;1-9,15-16H,10-11H2;6-7H,1-5H2;6-7,9H,1-5H2;2H2,1H3;1H4;;2*1H/t21-,22+;17-;15-;2*7-;;;;;/m01100...../s1/i;;;;;;;;;1+1. The number of carbonyl (C=O) groups is 4. The number of halogens is 3. The van der Waals surface area contributed by atoms with Gasteiger partial charge in [-0.25, -0.2) is 19.2 Å². The van der Waals surface area contributed by atoms with Gasteiger partial charge in [-0.15, -0.1) is 0 Å². The Hall–Kier alpha value is -6.83. The molecule has 3 radical (unpaired) electrons. The van der Waals surface area contributed by atoms with Gasteiger partial charge in [-0.3, -0.25) is 24.3 Å². The Morgan fingerprint density at radius 2 is 0.851 bits per heavy atom. The third-order valence-electron chi connectivity index (χ3n) is 19.3. The molecule has 94 heavy (non-hydrogen) atoms. The average Bonchev–Trinajstić information content (AvgIpc) is 0.793. The van der Waals surface area contributed by atoms with E-state index in [4.69, 9.17) is 37.4 Å². The summed E-state index contributed by atoms with van der Waals surface area (Å²) in [5.41, 5.74) is 10.2. The molecular formula is C75H97BCl2FN6O9.